The fraction of sp³-hybridized carbons (Fsp3) is 0. The Bertz CT molecular complexity index is 92.1. The second-order valence-corrected chi connectivity index (χ2v) is 1.34. The monoisotopic (exact) mass is 169 g/mol. The van der Waals surface area contributed by atoms with Gasteiger partial charge in [-0.3, -0.25) is 9.11 Å². The first kappa shape index (κ1) is 37.6. The van der Waals surface area contributed by atoms with Crippen molar-refractivity contribution >= 4 is 10.4 Å². The molecule has 0 amide bonds. The minimum absolute atomic E-state index is 0. The summed E-state index contributed by atoms with van der Waals surface area (Å²) in [4.78, 5) is 0. The Kier molecular flexibility index (Phi) is 44.5. The van der Waals surface area contributed by atoms with Crippen LogP contribution in [0.5, 0.6) is 0 Å². The summed E-state index contributed by atoms with van der Waals surface area (Å²) >= 11 is 0. The predicted molar refractivity (Wildman–Crippen MR) is 30.0 cm³/mol. The van der Waals surface area contributed by atoms with Crippen molar-refractivity contribution in [2.45, 2.75) is 0 Å². The first-order valence-electron chi connectivity index (χ1n) is 0.698. The molecular weight excluding hydrogens is 158 g/mol. The summed E-state index contributed by atoms with van der Waals surface area (Å²) in [7, 11) is -4.67. The first-order chi connectivity index (χ1) is 2.00. The molecule has 0 atom stereocenters. The zero-order chi connectivity index (χ0) is 4.50. The second kappa shape index (κ2) is 10.6. The van der Waals surface area contributed by atoms with E-state index < -0.39 is 10.4 Å². The molecule has 0 fully saturated rings. The zero-order valence-electron chi connectivity index (χ0n) is 4.33. The molecule has 0 saturated carbocycles. The lowest BCUT2D eigenvalue weighted by Crippen LogP contribution is -1.89. The van der Waals surface area contributed by atoms with Gasteiger partial charge in [0, 0.05) is 0 Å². The van der Waals surface area contributed by atoms with Gasteiger partial charge in [-0.25, -0.2) is 0 Å². The van der Waals surface area contributed by atoms with Crippen molar-refractivity contribution in [3.63, 3.8) is 0 Å². The number of hydrogen-bond donors (Lipinski definition) is 3. The highest BCUT2D eigenvalue weighted by molar-refractivity contribution is 7.79. The normalized spacial score (nSPS) is 6.44. The van der Waals surface area contributed by atoms with E-state index in [0.717, 1.165) is 0 Å². The Morgan fingerprint density at radius 1 is 0.889 bits per heavy atom. The van der Waals surface area contributed by atoms with Crippen molar-refractivity contribution in [2.75, 3.05) is 0 Å². The van der Waals surface area contributed by atoms with Crippen LogP contribution in [0.4, 0.5) is 0 Å². The Hall–Kier alpha value is -0.290. The van der Waals surface area contributed by atoms with Gasteiger partial charge in [-0.05, 0) is 0 Å². The van der Waals surface area contributed by atoms with Gasteiger partial charge in [0.1, 0.15) is 0 Å². The molecule has 0 aromatic heterocycles. The highest BCUT2D eigenvalue weighted by Gasteiger charge is 1.84. The standard InChI is InChI=1S/H3N.H2O4S.3H2O/c;1-5(2,3)4;;;/h1H3;(H2,1,2,3,4);3*1H2. The summed E-state index contributed by atoms with van der Waals surface area (Å²) in [5.41, 5.74) is 0. The molecule has 0 radical (unpaired) electrons. The van der Waals surface area contributed by atoms with Crippen LogP contribution in [-0.4, -0.2) is 34.0 Å². The van der Waals surface area contributed by atoms with Gasteiger partial charge in [-0.15, -0.1) is 0 Å². The lowest BCUT2D eigenvalue weighted by molar-refractivity contribution is 0.381. The van der Waals surface area contributed by atoms with Crippen molar-refractivity contribution in [1.82, 2.24) is 6.15 Å². The molecule has 8 nitrogen and oxygen atoms in total. The van der Waals surface area contributed by atoms with Crippen molar-refractivity contribution in [3.05, 3.63) is 0 Å². The van der Waals surface area contributed by atoms with Crippen LogP contribution in [0.2, 0.25) is 0 Å². The molecule has 0 aliphatic heterocycles. The summed E-state index contributed by atoms with van der Waals surface area (Å²) in [6.45, 7) is 0. The third kappa shape index (κ3) is 2990. The van der Waals surface area contributed by atoms with Crippen LogP contribution in [0.15, 0.2) is 0 Å². The van der Waals surface area contributed by atoms with E-state index in [1.807, 2.05) is 0 Å². The largest absolute Gasteiger partial charge is 0.412 e. The van der Waals surface area contributed by atoms with Gasteiger partial charge >= 0.3 is 10.4 Å². The fourth-order valence-corrected chi connectivity index (χ4v) is 0. The maximum atomic E-state index is 8.74. The van der Waals surface area contributed by atoms with Crippen LogP contribution in [0, 0.1) is 0 Å². The maximum absolute atomic E-state index is 8.74. The predicted octanol–water partition coefficient (Wildman–Crippen LogP) is -2.96. The van der Waals surface area contributed by atoms with Gasteiger partial charge in [-0.2, -0.15) is 8.42 Å². The summed E-state index contributed by atoms with van der Waals surface area (Å²) in [5.74, 6) is 0. The van der Waals surface area contributed by atoms with E-state index in [2.05, 4.69) is 0 Å². The van der Waals surface area contributed by atoms with E-state index in [4.69, 9.17) is 17.5 Å². The first-order valence-corrected chi connectivity index (χ1v) is 2.10. The molecule has 0 aromatic carbocycles. The molecule has 0 aromatic rings. The minimum Gasteiger partial charge on any atom is -0.412 e. The van der Waals surface area contributed by atoms with Gasteiger partial charge in [0.15, 0.2) is 0 Å². The molecule has 0 unspecified atom stereocenters. The topological polar surface area (TPSA) is 204 Å². The minimum atomic E-state index is -4.67. The van der Waals surface area contributed by atoms with Crippen LogP contribution in [0.1, 0.15) is 0 Å². The van der Waals surface area contributed by atoms with Crippen molar-refractivity contribution in [2.24, 2.45) is 0 Å². The van der Waals surface area contributed by atoms with Crippen LogP contribution >= 0.6 is 0 Å². The molecule has 0 saturated heterocycles. The molecule has 9 heteroatoms. The average Bonchev–Trinajstić information content (AvgIpc) is 0.722. The molecule has 0 aliphatic carbocycles. The Balaban J connectivity index is -0.0000000133. The van der Waals surface area contributed by atoms with E-state index in [1.54, 1.807) is 0 Å². The summed E-state index contributed by atoms with van der Waals surface area (Å²) in [5, 5.41) is 0. The molecular formula is H11NO7S. The average molecular weight is 169 g/mol. The lowest BCUT2D eigenvalue weighted by Gasteiger charge is -1.68. The molecule has 0 aliphatic rings. The highest BCUT2D eigenvalue weighted by atomic mass is 32.3. The van der Waals surface area contributed by atoms with Crippen LogP contribution in [0.3, 0.4) is 0 Å². The smallest absolute Gasteiger partial charge is 0.394 e. The van der Waals surface area contributed by atoms with Crippen LogP contribution in [0.25, 0.3) is 0 Å². The third-order valence-corrected chi connectivity index (χ3v) is 0. The van der Waals surface area contributed by atoms with Gasteiger partial charge in [0.2, 0.25) is 0 Å². The van der Waals surface area contributed by atoms with Crippen molar-refractivity contribution in [3.8, 4) is 0 Å². The summed E-state index contributed by atoms with van der Waals surface area (Å²) in [6.07, 6.45) is 0. The second-order valence-electron chi connectivity index (χ2n) is 0.448. The van der Waals surface area contributed by atoms with E-state index in [1.165, 1.54) is 0 Å². The zero-order valence-corrected chi connectivity index (χ0v) is 5.14. The van der Waals surface area contributed by atoms with Crippen LogP contribution < -0.4 is 6.15 Å². The van der Waals surface area contributed by atoms with E-state index in [9.17, 15) is 0 Å². The van der Waals surface area contributed by atoms with Gasteiger partial charge in [0.25, 0.3) is 0 Å². The van der Waals surface area contributed by atoms with E-state index in [0.29, 0.717) is 0 Å². The maximum Gasteiger partial charge on any atom is 0.394 e. The van der Waals surface area contributed by atoms with E-state index in [-0.39, 0.29) is 22.6 Å². The third-order valence-electron chi connectivity index (χ3n) is 0. The van der Waals surface area contributed by atoms with Gasteiger partial charge in [-0.1, -0.05) is 0 Å². The highest BCUT2D eigenvalue weighted by Crippen LogP contribution is 1.59. The molecule has 11 N–H and O–H groups in total. The molecule has 64 valence electrons. The van der Waals surface area contributed by atoms with Crippen LogP contribution in [-0.2, 0) is 10.4 Å². The Morgan fingerprint density at radius 2 is 0.889 bits per heavy atom. The van der Waals surface area contributed by atoms with Gasteiger partial charge in [0.05, 0.1) is 0 Å². The van der Waals surface area contributed by atoms with Crippen molar-refractivity contribution < 1.29 is 34.0 Å². The van der Waals surface area contributed by atoms with E-state index >= 15 is 0 Å². The number of rotatable bonds is 0. The molecule has 0 rings (SSSR count). The fourth-order valence-electron chi connectivity index (χ4n) is 0. The molecule has 0 heterocycles. The summed E-state index contributed by atoms with van der Waals surface area (Å²) in [6, 6.07) is 0. The molecule has 9 heavy (non-hydrogen) atoms. The molecule has 0 bridgehead atoms. The SMILES string of the molecule is N.O.O.O.O=S(=O)(O)O. The lowest BCUT2D eigenvalue weighted by atomic mass is 14.0. The quantitative estimate of drug-likeness (QED) is 0.324. The Morgan fingerprint density at radius 3 is 0.889 bits per heavy atom. The summed E-state index contributed by atoms with van der Waals surface area (Å²) < 4.78 is 31.6. The number of hydrogen-bond acceptors (Lipinski definition) is 3. The van der Waals surface area contributed by atoms with Gasteiger partial charge < -0.3 is 22.6 Å². The van der Waals surface area contributed by atoms with Crippen molar-refractivity contribution in [1.29, 1.82) is 0 Å². The Labute approximate surface area is 51.6 Å². The molecule has 0 spiro atoms.